The van der Waals surface area contributed by atoms with Gasteiger partial charge in [-0.3, -0.25) is 0 Å². The van der Waals surface area contributed by atoms with Crippen molar-refractivity contribution in [2.24, 2.45) is 0 Å². The minimum Gasteiger partial charge on any atom is -0.422 e. The number of hydrogen-bond acceptors (Lipinski definition) is 4. The second-order valence-corrected chi connectivity index (χ2v) is 3.83. The molecule has 0 saturated carbocycles. The minimum absolute atomic E-state index is 0.270. The maximum Gasteiger partial charge on any atom is 0.336 e. The number of esters is 2. The van der Waals surface area contributed by atoms with Gasteiger partial charge in [0.2, 0.25) is 6.29 Å². The average Bonchev–Trinajstić information content (AvgIpc) is 2.25. The lowest BCUT2D eigenvalue weighted by Gasteiger charge is -2.14. The second kappa shape index (κ2) is 7.65. The maximum absolute atomic E-state index is 11.5. The average molecular weight is 240 g/mol. The molecule has 0 spiro atoms. The molecule has 4 nitrogen and oxygen atoms in total. The third kappa shape index (κ3) is 6.56. The van der Waals surface area contributed by atoms with Crippen LogP contribution >= 0.6 is 0 Å². The van der Waals surface area contributed by atoms with Crippen molar-refractivity contribution in [2.45, 2.75) is 46.8 Å². The second-order valence-electron chi connectivity index (χ2n) is 3.83. The molecule has 17 heavy (non-hydrogen) atoms. The highest BCUT2D eigenvalue weighted by atomic mass is 16.7. The summed E-state index contributed by atoms with van der Waals surface area (Å²) in [5, 5.41) is 0. The van der Waals surface area contributed by atoms with Crippen LogP contribution in [-0.4, -0.2) is 18.2 Å². The van der Waals surface area contributed by atoms with Crippen molar-refractivity contribution in [3.63, 3.8) is 0 Å². The molecule has 1 atom stereocenters. The number of hydrogen-bond donors (Lipinski definition) is 0. The fraction of sp³-hybridized carbons (Fsp3) is 0.538. The van der Waals surface area contributed by atoms with E-state index >= 15 is 0 Å². The molecule has 0 aromatic heterocycles. The molecule has 0 N–H and O–H groups in total. The van der Waals surface area contributed by atoms with Gasteiger partial charge in [-0.1, -0.05) is 26.0 Å². The summed E-state index contributed by atoms with van der Waals surface area (Å²) in [6, 6.07) is 0. The van der Waals surface area contributed by atoms with Gasteiger partial charge in [0, 0.05) is 18.1 Å². The van der Waals surface area contributed by atoms with Crippen LogP contribution in [0, 0.1) is 0 Å². The predicted molar refractivity (Wildman–Crippen MR) is 65.1 cm³/mol. The maximum atomic E-state index is 11.5. The lowest BCUT2D eigenvalue weighted by molar-refractivity contribution is -0.178. The summed E-state index contributed by atoms with van der Waals surface area (Å²) < 4.78 is 9.77. The van der Waals surface area contributed by atoms with E-state index in [0.29, 0.717) is 5.57 Å². The molecule has 0 fully saturated rings. The van der Waals surface area contributed by atoms with E-state index in [1.807, 2.05) is 6.92 Å². The molecule has 0 rings (SSSR count). The van der Waals surface area contributed by atoms with Crippen molar-refractivity contribution in [1.29, 1.82) is 0 Å². The molecule has 0 heterocycles. The van der Waals surface area contributed by atoms with E-state index in [-0.39, 0.29) is 5.57 Å². The molecule has 0 bridgehead atoms. The summed E-state index contributed by atoms with van der Waals surface area (Å²) in [5.74, 6) is -1.04. The first kappa shape index (κ1) is 15.4. The number of allylic oxidation sites excluding steroid dienone is 1. The molecule has 1 unspecified atom stereocenters. The third-order valence-electron chi connectivity index (χ3n) is 1.96. The van der Waals surface area contributed by atoms with Crippen LogP contribution in [0.15, 0.2) is 23.8 Å². The minimum atomic E-state index is -0.906. The molecule has 4 heteroatoms. The first-order chi connectivity index (χ1) is 7.88. The Balaban J connectivity index is 4.20. The van der Waals surface area contributed by atoms with Gasteiger partial charge in [0.15, 0.2) is 0 Å². The van der Waals surface area contributed by atoms with Crippen molar-refractivity contribution in [3.8, 4) is 0 Å². The van der Waals surface area contributed by atoms with Crippen LogP contribution in [0.4, 0.5) is 0 Å². The molecule has 0 aliphatic carbocycles. The monoisotopic (exact) mass is 240 g/mol. The van der Waals surface area contributed by atoms with Crippen LogP contribution in [0.25, 0.3) is 0 Å². The Morgan fingerprint density at radius 2 is 1.76 bits per heavy atom. The highest BCUT2D eigenvalue weighted by Gasteiger charge is 2.15. The quantitative estimate of drug-likeness (QED) is 0.407. The Labute approximate surface area is 102 Å². The molecule has 0 amide bonds. The Kier molecular flexibility index (Phi) is 6.94. The Morgan fingerprint density at radius 3 is 2.24 bits per heavy atom. The van der Waals surface area contributed by atoms with Gasteiger partial charge in [0.1, 0.15) is 0 Å². The van der Waals surface area contributed by atoms with E-state index < -0.39 is 18.2 Å². The Morgan fingerprint density at radius 1 is 1.24 bits per heavy atom. The van der Waals surface area contributed by atoms with Gasteiger partial charge in [-0.05, 0) is 20.3 Å². The van der Waals surface area contributed by atoms with E-state index in [4.69, 9.17) is 9.47 Å². The molecule has 0 radical (unpaired) electrons. The standard InChI is InChI=1S/C13H20O4/c1-6-7-8-10(4)13(15)17-11(5)16-12(14)9(2)3/h8,11H,2,6-7H2,1,3-5H3. The highest BCUT2D eigenvalue weighted by Crippen LogP contribution is 2.06. The number of unbranched alkanes of at least 4 members (excludes halogenated alkanes) is 1. The number of ether oxygens (including phenoxy) is 2. The van der Waals surface area contributed by atoms with Crippen molar-refractivity contribution >= 4 is 11.9 Å². The van der Waals surface area contributed by atoms with Crippen LogP contribution in [0.5, 0.6) is 0 Å². The van der Waals surface area contributed by atoms with E-state index in [1.165, 1.54) is 13.8 Å². The first-order valence-corrected chi connectivity index (χ1v) is 5.62. The molecule has 0 saturated heterocycles. The number of carbonyl (C=O) groups is 2. The van der Waals surface area contributed by atoms with Gasteiger partial charge >= 0.3 is 11.9 Å². The Bertz CT molecular complexity index is 328. The van der Waals surface area contributed by atoms with Crippen LogP contribution in [0.2, 0.25) is 0 Å². The zero-order valence-electron chi connectivity index (χ0n) is 10.9. The summed E-state index contributed by atoms with van der Waals surface area (Å²) in [4.78, 5) is 22.7. The fourth-order valence-electron chi connectivity index (χ4n) is 0.963. The van der Waals surface area contributed by atoms with Crippen molar-refractivity contribution in [2.75, 3.05) is 0 Å². The predicted octanol–water partition coefficient (Wildman–Crippen LogP) is 2.74. The smallest absolute Gasteiger partial charge is 0.336 e. The van der Waals surface area contributed by atoms with Crippen LogP contribution < -0.4 is 0 Å². The third-order valence-corrected chi connectivity index (χ3v) is 1.96. The fourth-order valence-corrected chi connectivity index (χ4v) is 0.963. The molecule has 0 aromatic carbocycles. The summed E-state index contributed by atoms with van der Waals surface area (Å²) in [6.07, 6.45) is 2.68. The van der Waals surface area contributed by atoms with Crippen molar-refractivity contribution in [1.82, 2.24) is 0 Å². The molecular weight excluding hydrogens is 220 g/mol. The summed E-state index contributed by atoms with van der Waals surface area (Å²) in [6.45, 7) is 10.2. The molecule has 0 aliphatic rings. The lowest BCUT2D eigenvalue weighted by atomic mass is 10.2. The highest BCUT2D eigenvalue weighted by molar-refractivity contribution is 5.89. The van der Waals surface area contributed by atoms with E-state index in [9.17, 15) is 9.59 Å². The molecular formula is C13H20O4. The zero-order valence-corrected chi connectivity index (χ0v) is 10.9. The lowest BCUT2D eigenvalue weighted by Crippen LogP contribution is -2.22. The first-order valence-electron chi connectivity index (χ1n) is 5.62. The van der Waals surface area contributed by atoms with Gasteiger partial charge < -0.3 is 9.47 Å². The van der Waals surface area contributed by atoms with E-state index in [0.717, 1.165) is 12.8 Å². The van der Waals surface area contributed by atoms with Gasteiger partial charge in [-0.25, -0.2) is 9.59 Å². The van der Waals surface area contributed by atoms with E-state index in [1.54, 1.807) is 13.0 Å². The molecule has 0 aromatic rings. The topological polar surface area (TPSA) is 52.6 Å². The van der Waals surface area contributed by atoms with Crippen LogP contribution in [0.3, 0.4) is 0 Å². The zero-order chi connectivity index (χ0) is 13.4. The number of rotatable bonds is 6. The van der Waals surface area contributed by atoms with Crippen LogP contribution in [-0.2, 0) is 19.1 Å². The van der Waals surface area contributed by atoms with E-state index in [2.05, 4.69) is 6.58 Å². The Hall–Kier alpha value is -1.58. The van der Waals surface area contributed by atoms with Crippen LogP contribution in [0.1, 0.15) is 40.5 Å². The summed E-state index contributed by atoms with van der Waals surface area (Å²) in [7, 11) is 0. The number of carbonyl (C=O) groups excluding carboxylic acids is 2. The van der Waals surface area contributed by atoms with Gasteiger partial charge in [0.25, 0.3) is 0 Å². The molecule has 96 valence electrons. The largest absolute Gasteiger partial charge is 0.422 e. The normalized spacial score (nSPS) is 12.8. The van der Waals surface area contributed by atoms with Crippen molar-refractivity contribution < 1.29 is 19.1 Å². The summed E-state index contributed by atoms with van der Waals surface area (Å²) >= 11 is 0. The SMILES string of the molecule is C=C(C)C(=O)OC(C)OC(=O)C(C)=CCCC. The molecule has 0 aliphatic heterocycles. The van der Waals surface area contributed by atoms with Crippen molar-refractivity contribution in [3.05, 3.63) is 23.8 Å². The van der Waals surface area contributed by atoms with Gasteiger partial charge in [-0.15, -0.1) is 0 Å². The summed E-state index contributed by atoms with van der Waals surface area (Å²) in [5.41, 5.74) is 0.788. The van der Waals surface area contributed by atoms with Gasteiger partial charge in [0.05, 0.1) is 0 Å². The van der Waals surface area contributed by atoms with Gasteiger partial charge in [-0.2, -0.15) is 0 Å².